The molecule has 2 aromatic rings. The summed E-state index contributed by atoms with van der Waals surface area (Å²) < 4.78 is 4.78. The minimum absolute atomic E-state index is 0.234. The molecule has 140 valence electrons. The Kier molecular flexibility index (Phi) is 4.60. The summed E-state index contributed by atoms with van der Waals surface area (Å²) in [6, 6.07) is 0.414. The van der Waals surface area contributed by atoms with Crippen molar-refractivity contribution in [1.29, 1.82) is 0 Å². The summed E-state index contributed by atoms with van der Waals surface area (Å²) in [5.74, 6) is 1.99. The summed E-state index contributed by atoms with van der Waals surface area (Å²) in [7, 11) is 1.99. The number of likely N-dealkylation sites (tertiary alicyclic amines) is 1. The Morgan fingerprint density at radius 1 is 1.23 bits per heavy atom. The Labute approximate surface area is 152 Å². The minimum Gasteiger partial charge on any atom is -0.364 e. The predicted molar refractivity (Wildman–Crippen MR) is 96.9 cm³/mol. The Morgan fingerprint density at radius 3 is 2.65 bits per heavy atom. The fourth-order valence-corrected chi connectivity index (χ4v) is 4.01. The second-order valence-corrected chi connectivity index (χ2v) is 7.32. The number of amides is 1. The van der Waals surface area contributed by atoms with E-state index in [0.29, 0.717) is 29.7 Å². The van der Waals surface area contributed by atoms with Crippen molar-refractivity contribution in [2.75, 3.05) is 36.9 Å². The molecule has 1 N–H and O–H groups in total. The van der Waals surface area contributed by atoms with E-state index in [1.807, 2.05) is 18.9 Å². The quantitative estimate of drug-likeness (QED) is 0.831. The fraction of sp³-hybridized carbons (Fsp3) is 0.706. The summed E-state index contributed by atoms with van der Waals surface area (Å²) >= 11 is 0. The van der Waals surface area contributed by atoms with Crippen LogP contribution in [-0.4, -0.2) is 63.8 Å². The zero-order valence-corrected chi connectivity index (χ0v) is 15.3. The highest BCUT2D eigenvalue weighted by Gasteiger charge is 2.30. The number of aromatic nitrogens is 4. The van der Waals surface area contributed by atoms with E-state index in [2.05, 4.69) is 30.5 Å². The third kappa shape index (κ3) is 3.30. The molecule has 1 saturated carbocycles. The highest BCUT2D eigenvalue weighted by molar-refractivity contribution is 5.79. The van der Waals surface area contributed by atoms with Crippen LogP contribution >= 0.6 is 0 Å². The van der Waals surface area contributed by atoms with Gasteiger partial charge in [-0.15, -0.1) is 0 Å². The molecule has 2 fully saturated rings. The predicted octanol–water partition coefficient (Wildman–Crippen LogP) is 1.67. The second kappa shape index (κ2) is 7.05. The van der Waals surface area contributed by atoms with E-state index in [4.69, 9.17) is 4.63 Å². The van der Waals surface area contributed by atoms with Crippen LogP contribution in [0.25, 0.3) is 11.3 Å². The lowest BCUT2D eigenvalue weighted by molar-refractivity contribution is -0.127. The number of rotatable bonds is 6. The van der Waals surface area contributed by atoms with Crippen LogP contribution in [0.2, 0.25) is 0 Å². The number of anilines is 2. The van der Waals surface area contributed by atoms with Crippen molar-refractivity contribution in [2.45, 2.75) is 45.1 Å². The standard InChI is InChI=1S/C17H25N7O2/c1-3-24-10-11(8-13(24)25)9-23(2)17-16(18-12-6-4-5-7-12)19-14-15(20-17)22-26-21-14/h11-12H,3-10H2,1-2H3,(H,18,19,21)/t11-/m0/s1. The van der Waals surface area contributed by atoms with Gasteiger partial charge in [-0.1, -0.05) is 12.8 Å². The van der Waals surface area contributed by atoms with Crippen LogP contribution in [0.3, 0.4) is 0 Å². The number of fused-ring (bicyclic) bond motifs is 1. The van der Waals surface area contributed by atoms with Crippen LogP contribution < -0.4 is 10.2 Å². The van der Waals surface area contributed by atoms with Gasteiger partial charge in [0.15, 0.2) is 11.6 Å². The number of carbonyl (C=O) groups excluding carboxylic acids is 1. The largest absolute Gasteiger partial charge is 0.364 e. The second-order valence-electron chi connectivity index (χ2n) is 7.32. The molecule has 26 heavy (non-hydrogen) atoms. The van der Waals surface area contributed by atoms with Gasteiger partial charge in [0.05, 0.1) is 0 Å². The van der Waals surface area contributed by atoms with Gasteiger partial charge in [0.1, 0.15) is 0 Å². The highest BCUT2D eigenvalue weighted by Crippen LogP contribution is 2.29. The molecule has 1 aliphatic carbocycles. The molecule has 0 aromatic carbocycles. The molecule has 2 aliphatic rings. The van der Waals surface area contributed by atoms with Gasteiger partial charge in [-0.05, 0) is 30.1 Å². The molecule has 2 aromatic heterocycles. The Bertz CT molecular complexity index is 787. The van der Waals surface area contributed by atoms with Crippen LogP contribution in [0, 0.1) is 5.92 Å². The zero-order valence-electron chi connectivity index (χ0n) is 15.3. The summed E-state index contributed by atoms with van der Waals surface area (Å²) in [4.78, 5) is 25.2. The smallest absolute Gasteiger partial charge is 0.245 e. The maximum Gasteiger partial charge on any atom is 0.245 e. The zero-order chi connectivity index (χ0) is 18.1. The maximum absolute atomic E-state index is 12.0. The lowest BCUT2D eigenvalue weighted by Gasteiger charge is -2.25. The van der Waals surface area contributed by atoms with E-state index in [1.54, 1.807) is 0 Å². The van der Waals surface area contributed by atoms with Crippen LogP contribution in [0.1, 0.15) is 39.0 Å². The lowest BCUT2D eigenvalue weighted by atomic mass is 10.1. The van der Waals surface area contributed by atoms with Crippen molar-refractivity contribution in [3.05, 3.63) is 0 Å². The van der Waals surface area contributed by atoms with Gasteiger partial charge in [-0.25, -0.2) is 14.6 Å². The monoisotopic (exact) mass is 359 g/mol. The van der Waals surface area contributed by atoms with Gasteiger partial charge >= 0.3 is 0 Å². The molecule has 4 rings (SSSR count). The molecule has 3 heterocycles. The summed E-state index contributed by atoms with van der Waals surface area (Å²) in [6.07, 6.45) is 5.35. The van der Waals surface area contributed by atoms with Crippen LogP contribution in [0.15, 0.2) is 4.63 Å². The van der Waals surface area contributed by atoms with Crippen molar-refractivity contribution in [3.63, 3.8) is 0 Å². The van der Waals surface area contributed by atoms with Crippen LogP contribution in [0.4, 0.5) is 11.6 Å². The topological polar surface area (TPSA) is 100 Å². The van der Waals surface area contributed by atoms with Gasteiger partial charge in [-0.2, -0.15) is 0 Å². The molecular formula is C17H25N7O2. The van der Waals surface area contributed by atoms with Crippen LogP contribution in [0.5, 0.6) is 0 Å². The van der Waals surface area contributed by atoms with Crippen molar-refractivity contribution in [3.8, 4) is 0 Å². The first kappa shape index (κ1) is 17.0. The number of nitrogens with one attached hydrogen (secondary N) is 1. The lowest BCUT2D eigenvalue weighted by Crippen LogP contribution is -2.30. The SMILES string of the molecule is CCN1C[C@H](CN(C)c2nc3nonc3nc2NC2CCCC2)CC1=O. The molecule has 0 radical (unpaired) electrons. The van der Waals surface area contributed by atoms with E-state index in [-0.39, 0.29) is 5.91 Å². The number of hydrogen-bond acceptors (Lipinski definition) is 8. The summed E-state index contributed by atoms with van der Waals surface area (Å²) in [6.45, 7) is 4.33. The third-order valence-corrected chi connectivity index (χ3v) is 5.36. The first-order valence-electron chi connectivity index (χ1n) is 9.39. The van der Waals surface area contributed by atoms with Crippen molar-refractivity contribution in [2.24, 2.45) is 5.92 Å². The molecule has 1 atom stereocenters. The van der Waals surface area contributed by atoms with E-state index in [9.17, 15) is 4.79 Å². The van der Waals surface area contributed by atoms with Crippen molar-refractivity contribution < 1.29 is 9.42 Å². The normalized spacial score (nSPS) is 21.1. The van der Waals surface area contributed by atoms with Gasteiger partial charge in [-0.3, -0.25) is 4.79 Å². The number of hydrogen-bond donors (Lipinski definition) is 1. The summed E-state index contributed by atoms with van der Waals surface area (Å²) in [5.41, 5.74) is 0.817. The number of carbonyl (C=O) groups is 1. The van der Waals surface area contributed by atoms with Crippen molar-refractivity contribution in [1.82, 2.24) is 25.2 Å². The Balaban J connectivity index is 1.56. The minimum atomic E-state index is 0.234. The van der Waals surface area contributed by atoms with Gasteiger partial charge in [0, 0.05) is 45.1 Å². The molecule has 1 saturated heterocycles. The third-order valence-electron chi connectivity index (χ3n) is 5.36. The fourth-order valence-electron chi connectivity index (χ4n) is 4.01. The average molecular weight is 359 g/mol. The Morgan fingerprint density at radius 2 is 1.96 bits per heavy atom. The summed E-state index contributed by atoms with van der Waals surface area (Å²) in [5, 5.41) is 11.2. The Hall–Kier alpha value is -2.45. The molecule has 9 heteroatoms. The first-order chi connectivity index (χ1) is 12.6. The highest BCUT2D eigenvalue weighted by atomic mass is 16.6. The van der Waals surface area contributed by atoms with Crippen molar-refractivity contribution >= 4 is 28.8 Å². The van der Waals surface area contributed by atoms with E-state index < -0.39 is 0 Å². The molecule has 9 nitrogen and oxygen atoms in total. The maximum atomic E-state index is 12.0. The molecule has 0 unspecified atom stereocenters. The first-order valence-corrected chi connectivity index (χ1v) is 9.39. The van der Waals surface area contributed by atoms with Gasteiger partial charge in [0.25, 0.3) is 0 Å². The molecular weight excluding hydrogens is 334 g/mol. The van der Waals surface area contributed by atoms with Gasteiger partial charge in [0.2, 0.25) is 17.2 Å². The van der Waals surface area contributed by atoms with E-state index >= 15 is 0 Å². The molecule has 0 spiro atoms. The molecule has 1 amide bonds. The van der Waals surface area contributed by atoms with E-state index in [1.165, 1.54) is 12.8 Å². The molecule has 1 aliphatic heterocycles. The average Bonchev–Trinajstić information content (AvgIpc) is 3.35. The van der Waals surface area contributed by atoms with Crippen LogP contribution in [-0.2, 0) is 4.79 Å². The van der Waals surface area contributed by atoms with Gasteiger partial charge < -0.3 is 15.1 Å². The number of nitrogens with zero attached hydrogens (tertiary/aromatic N) is 6. The molecule has 0 bridgehead atoms. The van der Waals surface area contributed by atoms with E-state index in [0.717, 1.165) is 44.1 Å².